The van der Waals surface area contributed by atoms with E-state index < -0.39 is 11.6 Å². The summed E-state index contributed by atoms with van der Waals surface area (Å²) >= 11 is 0. The Balaban J connectivity index is 1.85. The van der Waals surface area contributed by atoms with E-state index >= 15 is 0 Å². The van der Waals surface area contributed by atoms with E-state index in [2.05, 4.69) is 13.8 Å². The number of ether oxygens (including phenoxy) is 1. The van der Waals surface area contributed by atoms with E-state index in [1.807, 2.05) is 67.0 Å². The number of hydrogen-bond donors (Lipinski definition) is 1. The number of carboxylic acid groups (broad SMARTS) is 1. The summed E-state index contributed by atoms with van der Waals surface area (Å²) in [5.41, 5.74) is 3.10. The van der Waals surface area contributed by atoms with Crippen molar-refractivity contribution < 1.29 is 19.4 Å². The molecule has 0 aromatic heterocycles. The number of carbonyl (C=O) groups is 2. The lowest BCUT2D eigenvalue weighted by Crippen LogP contribution is -2.41. The van der Waals surface area contributed by atoms with Gasteiger partial charge in [-0.3, -0.25) is 4.90 Å². The highest BCUT2D eigenvalue weighted by molar-refractivity contribution is 5.95. The molecule has 3 rings (SSSR count). The van der Waals surface area contributed by atoms with Gasteiger partial charge in [0.1, 0.15) is 5.75 Å². The number of rotatable bonds is 6. The fourth-order valence-corrected chi connectivity index (χ4v) is 3.93. The number of carboxylic acids is 1. The van der Waals surface area contributed by atoms with E-state index in [9.17, 15) is 14.7 Å². The van der Waals surface area contributed by atoms with E-state index in [4.69, 9.17) is 4.74 Å². The van der Waals surface area contributed by atoms with Gasteiger partial charge in [0, 0.05) is 12.2 Å². The van der Waals surface area contributed by atoms with Gasteiger partial charge in [0.15, 0.2) is 5.60 Å². The topological polar surface area (TPSA) is 70.1 Å². The Morgan fingerprint density at radius 3 is 2.16 bits per heavy atom. The van der Waals surface area contributed by atoms with Crippen molar-refractivity contribution in [3.05, 3.63) is 58.7 Å². The Morgan fingerprint density at radius 2 is 1.65 bits per heavy atom. The van der Waals surface area contributed by atoms with Crippen molar-refractivity contribution in [2.75, 3.05) is 11.4 Å². The molecule has 0 bridgehead atoms. The number of aliphatic carboxylic acids is 1. The number of benzene rings is 2. The summed E-state index contributed by atoms with van der Waals surface area (Å²) in [6.45, 7) is 14.1. The minimum atomic E-state index is -1.32. The normalized spacial score (nSPS) is 16.0. The first kappa shape index (κ1) is 22.7. The van der Waals surface area contributed by atoms with Crippen molar-refractivity contribution in [3.63, 3.8) is 0 Å². The van der Waals surface area contributed by atoms with Gasteiger partial charge in [-0.15, -0.1) is 0 Å². The van der Waals surface area contributed by atoms with Crippen LogP contribution in [0, 0.1) is 20.8 Å². The summed E-state index contributed by atoms with van der Waals surface area (Å²) in [7, 11) is 0. The van der Waals surface area contributed by atoms with Gasteiger partial charge in [0.25, 0.3) is 0 Å². The molecule has 1 saturated heterocycles. The van der Waals surface area contributed by atoms with Crippen LogP contribution in [0.5, 0.6) is 5.75 Å². The quantitative estimate of drug-likeness (QED) is 0.702. The summed E-state index contributed by atoms with van der Waals surface area (Å²) in [5, 5.41) is 9.38. The molecule has 0 atom stereocenters. The van der Waals surface area contributed by atoms with Crippen molar-refractivity contribution in [1.29, 1.82) is 0 Å². The van der Waals surface area contributed by atoms with Gasteiger partial charge in [0.05, 0.1) is 12.1 Å². The summed E-state index contributed by atoms with van der Waals surface area (Å²) in [5.74, 6) is -0.444. The highest BCUT2D eigenvalue weighted by Crippen LogP contribution is 2.34. The van der Waals surface area contributed by atoms with E-state index in [0.29, 0.717) is 18.8 Å². The molecule has 0 aliphatic carbocycles. The molecule has 2 aromatic carbocycles. The first-order valence-electron chi connectivity index (χ1n) is 10.5. The molecule has 0 spiro atoms. The summed E-state index contributed by atoms with van der Waals surface area (Å²) < 4.78 is 5.81. The van der Waals surface area contributed by atoms with Gasteiger partial charge >= 0.3 is 12.0 Å². The molecule has 2 amide bonds. The van der Waals surface area contributed by atoms with Crippen molar-refractivity contribution in [1.82, 2.24) is 4.90 Å². The van der Waals surface area contributed by atoms with E-state index in [1.165, 1.54) is 13.8 Å². The Hall–Kier alpha value is -3.02. The smallest absolute Gasteiger partial charge is 0.347 e. The predicted octanol–water partition coefficient (Wildman–Crippen LogP) is 5.07. The zero-order valence-corrected chi connectivity index (χ0v) is 19.4. The van der Waals surface area contributed by atoms with E-state index in [-0.39, 0.29) is 11.6 Å². The van der Waals surface area contributed by atoms with Crippen LogP contribution in [-0.2, 0) is 11.3 Å². The zero-order chi connectivity index (χ0) is 23.1. The number of amides is 2. The number of aryl methyl sites for hydroxylation is 3. The molecule has 2 aromatic rings. The third kappa shape index (κ3) is 4.53. The molecule has 31 heavy (non-hydrogen) atoms. The lowest BCUT2D eigenvalue weighted by molar-refractivity contribution is -0.152. The lowest BCUT2D eigenvalue weighted by atomic mass is 10.0. The molecule has 1 aliphatic heterocycles. The first-order valence-corrected chi connectivity index (χ1v) is 10.5. The average Bonchev–Trinajstić information content (AvgIpc) is 2.89. The predicted molar refractivity (Wildman–Crippen MR) is 122 cm³/mol. The van der Waals surface area contributed by atoms with Gasteiger partial charge in [0.2, 0.25) is 0 Å². The molecule has 6 heteroatoms. The molecule has 1 aliphatic rings. The molecule has 166 valence electrons. The third-order valence-electron chi connectivity index (χ3n) is 5.82. The van der Waals surface area contributed by atoms with Crippen LogP contribution in [0.25, 0.3) is 0 Å². The van der Waals surface area contributed by atoms with Crippen molar-refractivity contribution in [2.45, 2.75) is 66.2 Å². The molecule has 0 unspecified atom stereocenters. The van der Waals surface area contributed by atoms with Crippen molar-refractivity contribution in [3.8, 4) is 5.75 Å². The summed E-state index contributed by atoms with van der Waals surface area (Å²) in [6, 6.07) is 11.9. The van der Waals surface area contributed by atoms with Crippen LogP contribution in [-0.4, -0.2) is 39.7 Å². The number of anilines is 1. The third-order valence-corrected chi connectivity index (χ3v) is 5.82. The molecule has 1 fully saturated rings. The van der Waals surface area contributed by atoms with Crippen LogP contribution in [0.3, 0.4) is 0 Å². The van der Waals surface area contributed by atoms with Crippen LogP contribution in [0.1, 0.15) is 49.9 Å². The van der Waals surface area contributed by atoms with E-state index in [1.54, 1.807) is 0 Å². The molecular weight excluding hydrogens is 392 g/mol. The van der Waals surface area contributed by atoms with Gasteiger partial charge < -0.3 is 14.7 Å². The number of hydrogen-bond acceptors (Lipinski definition) is 3. The van der Waals surface area contributed by atoms with Gasteiger partial charge in [-0.05, 0) is 77.3 Å². The second-order valence-corrected chi connectivity index (χ2v) is 9.58. The Bertz CT molecular complexity index is 986. The second-order valence-electron chi connectivity index (χ2n) is 9.58. The molecule has 1 N–H and O–H groups in total. The van der Waals surface area contributed by atoms with Gasteiger partial charge in [-0.1, -0.05) is 29.8 Å². The highest BCUT2D eigenvalue weighted by Gasteiger charge is 2.43. The summed E-state index contributed by atoms with van der Waals surface area (Å²) in [4.78, 5) is 28.4. The maximum absolute atomic E-state index is 13.3. The molecule has 0 saturated carbocycles. The summed E-state index contributed by atoms with van der Waals surface area (Å²) in [6.07, 6.45) is 0. The Kier molecular flexibility index (Phi) is 5.78. The number of carbonyl (C=O) groups excluding carboxylic acids is 1. The molecule has 6 nitrogen and oxygen atoms in total. The molecular formula is C25H32N2O4. The SMILES string of the molecule is Cc1ccc(N2CC(C)(C)N(Cc3cc(C)c(OC(C)(C)C(=O)O)c(C)c3)C2=O)cc1. The maximum atomic E-state index is 13.3. The van der Waals surface area contributed by atoms with E-state index in [0.717, 1.165) is 27.9 Å². The van der Waals surface area contributed by atoms with Crippen molar-refractivity contribution >= 4 is 17.7 Å². The fourth-order valence-electron chi connectivity index (χ4n) is 3.93. The van der Waals surface area contributed by atoms with Crippen LogP contribution >= 0.6 is 0 Å². The Morgan fingerprint density at radius 1 is 1.10 bits per heavy atom. The second kappa shape index (κ2) is 7.91. The highest BCUT2D eigenvalue weighted by atomic mass is 16.5. The lowest BCUT2D eigenvalue weighted by Gasteiger charge is -2.30. The number of urea groups is 1. The molecule has 1 heterocycles. The van der Waals surface area contributed by atoms with Crippen LogP contribution < -0.4 is 9.64 Å². The Labute approximate surface area is 184 Å². The minimum Gasteiger partial charge on any atom is -0.478 e. The zero-order valence-electron chi connectivity index (χ0n) is 19.4. The maximum Gasteiger partial charge on any atom is 0.347 e. The molecule has 0 radical (unpaired) electrons. The van der Waals surface area contributed by atoms with Crippen molar-refractivity contribution in [2.24, 2.45) is 0 Å². The monoisotopic (exact) mass is 424 g/mol. The number of nitrogens with zero attached hydrogens (tertiary/aromatic N) is 2. The standard InChI is InChI=1S/C25H32N2O4/c1-16-8-10-20(11-9-16)26-15-24(4,5)27(23(26)30)14-19-12-17(2)21(18(3)13-19)31-25(6,7)22(28)29/h8-13H,14-15H2,1-7H3,(H,28,29). The van der Waals surface area contributed by atoms with Gasteiger partial charge in [-0.25, -0.2) is 9.59 Å². The van der Waals surface area contributed by atoms with Crippen LogP contribution in [0.4, 0.5) is 10.5 Å². The minimum absolute atomic E-state index is 0.0171. The van der Waals surface area contributed by atoms with Crippen LogP contribution in [0.15, 0.2) is 36.4 Å². The first-order chi connectivity index (χ1) is 14.3. The average molecular weight is 425 g/mol. The van der Waals surface area contributed by atoms with Gasteiger partial charge in [-0.2, -0.15) is 0 Å². The largest absolute Gasteiger partial charge is 0.478 e. The fraction of sp³-hybridized carbons (Fsp3) is 0.440. The van der Waals surface area contributed by atoms with Crippen LogP contribution in [0.2, 0.25) is 0 Å².